The molecule has 0 spiro atoms. The van der Waals surface area contributed by atoms with Gasteiger partial charge in [0.05, 0.1) is 11.1 Å². The molecule has 0 unspecified atom stereocenters. The molecule has 1 aliphatic carbocycles. The number of amides is 3. The maximum atomic E-state index is 14.9. The molecule has 1 N–H and O–H groups in total. The highest BCUT2D eigenvalue weighted by Gasteiger charge is 2.40. The van der Waals surface area contributed by atoms with Crippen molar-refractivity contribution in [3.8, 4) is 11.4 Å². The predicted octanol–water partition coefficient (Wildman–Crippen LogP) is 5.54. The molecule has 0 atom stereocenters. The number of piperidine rings is 1. The van der Waals surface area contributed by atoms with Crippen molar-refractivity contribution in [1.29, 1.82) is 0 Å². The Kier molecular flexibility index (Phi) is 8.01. The number of nitrogens with one attached hydrogen (secondary N) is 1. The molecular weight excluding hydrogens is 525 g/mol. The van der Waals surface area contributed by atoms with Crippen LogP contribution in [0.15, 0.2) is 60.9 Å². The van der Waals surface area contributed by atoms with Gasteiger partial charge in [0, 0.05) is 48.8 Å². The smallest absolute Gasteiger partial charge is 0.410 e. The molecule has 214 valence electrons. The molecule has 5 rings (SSSR count). The number of ether oxygens (including phenoxy) is 1. The van der Waals surface area contributed by atoms with Crippen molar-refractivity contribution in [2.75, 3.05) is 18.4 Å². The fraction of sp³-hybridized carbons (Fsp3) is 0.387. The van der Waals surface area contributed by atoms with Crippen LogP contribution >= 0.6 is 0 Å². The Bertz CT molecular complexity index is 1410. The number of carbonyl (C=O) groups excluding carboxylic acids is 3. The first-order valence-corrected chi connectivity index (χ1v) is 13.9. The van der Waals surface area contributed by atoms with Crippen LogP contribution in [-0.4, -0.2) is 68.4 Å². The molecule has 2 heterocycles. The number of benzene rings is 2. The van der Waals surface area contributed by atoms with E-state index < -0.39 is 17.3 Å². The minimum Gasteiger partial charge on any atom is -0.444 e. The molecule has 2 aromatic carbocycles. The maximum Gasteiger partial charge on any atom is 0.410 e. The van der Waals surface area contributed by atoms with Crippen LogP contribution in [0, 0.1) is 5.82 Å². The molecule has 3 amide bonds. The van der Waals surface area contributed by atoms with E-state index in [2.05, 4.69) is 15.3 Å². The van der Waals surface area contributed by atoms with E-state index in [-0.39, 0.29) is 35.5 Å². The van der Waals surface area contributed by atoms with E-state index in [0.29, 0.717) is 42.7 Å². The van der Waals surface area contributed by atoms with E-state index >= 15 is 0 Å². The summed E-state index contributed by atoms with van der Waals surface area (Å²) in [4.78, 5) is 50.8. The highest BCUT2D eigenvalue weighted by Crippen LogP contribution is 2.33. The third-order valence-electron chi connectivity index (χ3n) is 7.09. The van der Waals surface area contributed by atoms with Gasteiger partial charge in [0.1, 0.15) is 11.4 Å². The molecule has 1 aromatic heterocycles. The summed E-state index contributed by atoms with van der Waals surface area (Å²) in [6.07, 6.45) is 5.83. The van der Waals surface area contributed by atoms with Crippen LogP contribution in [0.25, 0.3) is 11.4 Å². The van der Waals surface area contributed by atoms with Crippen molar-refractivity contribution >= 4 is 23.6 Å². The fourth-order valence-electron chi connectivity index (χ4n) is 4.93. The SMILES string of the molecule is CC(C)(C)OC(=O)N1CCC(N(C(=O)c2cnc(-c3ccc(C(=O)Nc4ccccc4)c(F)c3)nc2)C2CC2)CC1. The number of para-hydroxylation sites is 1. The lowest BCUT2D eigenvalue weighted by molar-refractivity contribution is 0.0142. The number of nitrogens with zero attached hydrogens (tertiary/aromatic N) is 4. The number of anilines is 1. The van der Waals surface area contributed by atoms with Crippen LogP contribution in [0.2, 0.25) is 0 Å². The number of carbonyl (C=O) groups is 3. The predicted molar refractivity (Wildman–Crippen MR) is 152 cm³/mol. The van der Waals surface area contributed by atoms with Gasteiger partial charge in [-0.25, -0.2) is 19.2 Å². The quantitative estimate of drug-likeness (QED) is 0.425. The van der Waals surface area contributed by atoms with Gasteiger partial charge in [-0.2, -0.15) is 0 Å². The topological polar surface area (TPSA) is 105 Å². The molecule has 0 bridgehead atoms. The average molecular weight is 560 g/mol. The number of likely N-dealkylation sites (tertiary alicyclic amines) is 1. The van der Waals surface area contributed by atoms with Gasteiger partial charge in [-0.3, -0.25) is 9.59 Å². The van der Waals surface area contributed by atoms with Crippen LogP contribution in [0.5, 0.6) is 0 Å². The highest BCUT2D eigenvalue weighted by molar-refractivity contribution is 6.04. The minimum absolute atomic E-state index is 0.0111. The minimum atomic E-state index is -0.697. The molecule has 9 nitrogen and oxygen atoms in total. The Morgan fingerprint density at radius 1 is 0.951 bits per heavy atom. The van der Waals surface area contributed by atoms with E-state index in [9.17, 15) is 18.8 Å². The standard InChI is InChI=1S/C31H34FN5O4/c1-31(2,3)41-30(40)36-15-13-24(14-16-36)37(23-10-11-23)29(39)21-18-33-27(34-19-21)20-9-12-25(26(32)17-20)28(38)35-22-7-5-4-6-8-22/h4-9,12,17-19,23-24H,10-11,13-16H2,1-3H3,(H,35,38). The van der Waals surface area contributed by atoms with Crippen molar-refractivity contribution in [2.24, 2.45) is 0 Å². The molecule has 0 radical (unpaired) electrons. The average Bonchev–Trinajstić information content (AvgIpc) is 3.78. The zero-order chi connectivity index (χ0) is 29.1. The second-order valence-corrected chi connectivity index (χ2v) is 11.5. The van der Waals surface area contributed by atoms with Crippen LogP contribution in [0.3, 0.4) is 0 Å². The lowest BCUT2D eigenvalue weighted by Gasteiger charge is -2.39. The van der Waals surface area contributed by atoms with Crippen LogP contribution in [-0.2, 0) is 4.74 Å². The molecule has 1 aliphatic heterocycles. The third-order valence-corrected chi connectivity index (χ3v) is 7.09. The Morgan fingerprint density at radius 3 is 2.17 bits per heavy atom. The largest absolute Gasteiger partial charge is 0.444 e. The van der Waals surface area contributed by atoms with Gasteiger partial charge in [0.25, 0.3) is 11.8 Å². The number of rotatable bonds is 6. The van der Waals surface area contributed by atoms with Crippen molar-refractivity contribution in [2.45, 2.75) is 64.1 Å². The summed E-state index contributed by atoms with van der Waals surface area (Å²) in [5.74, 6) is -1.15. The van der Waals surface area contributed by atoms with Crippen molar-refractivity contribution < 1.29 is 23.5 Å². The van der Waals surface area contributed by atoms with Gasteiger partial charge in [-0.05, 0) is 70.7 Å². The maximum absolute atomic E-state index is 14.9. The first-order chi connectivity index (χ1) is 19.6. The third kappa shape index (κ3) is 6.87. The zero-order valence-electron chi connectivity index (χ0n) is 23.5. The number of hydrogen-bond acceptors (Lipinski definition) is 6. The number of halogens is 1. The monoisotopic (exact) mass is 559 g/mol. The van der Waals surface area contributed by atoms with Crippen molar-refractivity contribution in [3.05, 3.63) is 77.9 Å². The molecule has 1 saturated heterocycles. The molecule has 10 heteroatoms. The lowest BCUT2D eigenvalue weighted by atomic mass is 10.0. The zero-order valence-corrected chi connectivity index (χ0v) is 23.5. The van der Waals surface area contributed by atoms with E-state index in [1.807, 2.05) is 31.7 Å². The van der Waals surface area contributed by atoms with Crippen LogP contribution < -0.4 is 5.32 Å². The molecular formula is C31H34FN5O4. The lowest BCUT2D eigenvalue weighted by Crippen LogP contribution is -2.50. The molecule has 1 saturated carbocycles. The summed E-state index contributed by atoms with van der Waals surface area (Å²) in [7, 11) is 0. The Hall–Kier alpha value is -4.34. The van der Waals surface area contributed by atoms with E-state index in [0.717, 1.165) is 12.8 Å². The second-order valence-electron chi connectivity index (χ2n) is 11.5. The molecule has 2 aliphatic rings. The van der Waals surface area contributed by atoms with Crippen molar-refractivity contribution in [3.63, 3.8) is 0 Å². The van der Waals surface area contributed by atoms with Gasteiger partial charge >= 0.3 is 6.09 Å². The summed E-state index contributed by atoms with van der Waals surface area (Å²) in [5.41, 5.74) is 0.669. The van der Waals surface area contributed by atoms with Gasteiger partial charge in [-0.1, -0.05) is 24.3 Å². The van der Waals surface area contributed by atoms with Gasteiger partial charge in [0.2, 0.25) is 0 Å². The first kappa shape index (κ1) is 28.2. The number of hydrogen-bond donors (Lipinski definition) is 1. The molecule has 3 aromatic rings. The van der Waals surface area contributed by atoms with E-state index in [1.165, 1.54) is 24.5 Å². The molecule has 41 heavy (non-hydrogen) atoms. The molecule has 2 fully saturated rings. The Morgan fingerprint density at radius 2 is 1.59 bits per heavy atom. The summed E-state index contributed by atoms with van der Waals surface area (Å²) in [5, 5.41) is 2.67. The summed E-state index contributed by atoms with van der Waals surface area (Å²) in [6, 6.07) is 13.2. The first-order valence-electron chi connectivity index (χ1n) is 13.9. The van der Waals surface area contributed by atoms with Gasteiger partial charge < -0.3 is 19.9 Å². The highest BCUT2D eigenvalue weighted by atomic mass is 19.1. The van der Waals surface area contributed by atoms with E-state index in [4.69, 9.17) is 4.74 Å². The Labute approximate surface area is 238 Å². The van der Waals surface area contributed by atoms with Gasteiger partial charge in [0.15, 0.2) is 5.82 Å². The van der Waals surface area contributed by atoms with Crippen LogP contribution in [0.4, 0.5) is 14.9 Å². The van der Waals surface area contributed by atoms with Gasteiger partial charge in [-0.15, -0.1) is 0 Å². The summed E-state index contributed by atoms with van der Waals surface area (Å²) < 4.78 is 20.3. The normalized spacial score (nSPS) is 15.8. The fourth-order valence-corrected chi connectivity index (χ4v) is 4.93. The Balaban J connectivity index is 1.23. The number of aromatic nitrogens is 2. The van der Waals surface area contributed by atoms with Crippen molar-refractivity contribution in [1.82, 2.24) is 19.8 Å². The summed E-state index contributed by atoms with van der Waals surface area (Å²) >= 11 is 0. The second kappa shape index (κ2) is 11.6. The van der Waals surface area contributed by atoms with Crippen LogP contribution in [0.1, 0.15) is 67.2 Å². The van der Waals surface area contributed by atoms with E-state index in [1.54, 1.807) is 35.2 Å². The summed E-state index contributed by atoms with van der Waals surface area (Å²) in [6.45, 7) is 6.58.